The number of anilines is 1. The molecule has 1 aliphatic rings. The van der Waals surface area contributed by atoms with Crippen molar-refractivity contribution in [3.8, 4) is 5.75 Å². The number of carbonyl (C=O) groups excluding carboxylic acids is 2. The molecule has 7 heteroatoms. The first-order valence-electron chi connectivity index (χ1n) is 8.08. The van der Waals surface area contributed by atoms with Crippen LogP contribution in [-0.2, 0) is 9.59 Å². The van der Waals surface area contributed by atoms with Crippen LogP contribution in [0.1, 0.15) is 18.4 Å². The molecule has 7 nitrogen and oxygen atoms in total. The van der Waals surface area contributed by atoms with Crippen LogP contribution in [0.15, 0.2) is 54.6 Å². The first-order chi connectivity index (χ1) is 12.5. The Morgan fingerprint density at radius 3 is 2.54 bits per heavy atom. The van der Waals surface area contributed by atoms with Gasteiger partial charge in [0.2, 0.25) is 5.91 Å². The van der Waals surface area contributed by atoms with Crippen molar-refractivity contribution >= 4 is 29.3 Å². The quantitative estimate of drug-likeness (QED) is 0.271. The van der Waals surface area contributed by atoms with Crippen LogP contribution in [0, 0.1) is 10.1 Å². The van der Waals surface area contributed by atoms with Crippen molar-refractivity contribution in [1.29, 1.82) is 0 Å². The number of ether oxygens (including phenoxy) is 1. The third kappa shape index (κ3) is 3.94. The minimum Gasteiger partial charge on any atom is -0.423 e. The third-order valence-corrected chi connectivity index (χ3v) is 3.97. The Balaban J connectivity index is 1.65. The van der Waals surface area contributed by atoms with E-state index in [1.165, 1.54) is 12.1 Å². The first-order valence-corrected chi connectivity index (χ1v) is 8.08. The van der Waals surface area contributed by atoms with Crippen molar-refractivity contribution in [2.45, 2.75) is 12.8 Å². The molecule has 0 aromatic heterocycles. The molecule has 0 spiro atoms. The fourth-order valence-corrected chi connectivity index (χ4v) is 2.72. The minimum absolute atomic E-state index is 0.0853. The molecule has 0 saturated carbocycles. The molecule has 0 radical (unpaired) electrons. The molecule has 3 rings (SSSR count). The highest BCUT2D eigenvalue weighted by atomic mass is 16.6. The van der Waals surface area contributed by atoms with E-state index < -0.39 is 10.9 Å². The second-order valence-electron chi connectivity index (χ2n) is 5.71. The smallest absolute Gasteiger partial charge is 0.336 e. The molecule has 0 N–H and O–H groups in total. The normalized spacial score (nSPS) is 14.0. The highest BCUT2D eigenvalue weighted by Crippen LogP contribution is 2.24. The molecule has 0 aliphatic carbocycles. The highest BCUT2D eigenvalue weighted by Gasteiger charge is 2.21. The van der Waals surface area contributed by atoms with E-state index >= 15 is 0 Å². The Morgan fingerprint density at radius 2 is 1.88 bits per heavy atom. The SMILES string of the molecule is O=C(/C=C/c1ccccc1[N+](=O)[O-])Oc1ccc(N2CCCC2=O)cc1. The number of nitro groups is 1. The molecule has 1 heterocycles. The Bertz CT molecular complexity index is 874. The summed E-state index contributed by atoms with van der Waals surface area (Å²) in [6.07, 6.45) is 3.87. The van der Waals surface area contributed by atoms with Gasteiger partial charge in [-0.15, -0.1) is 0 Å². The summed E-state index contributed by atoms with van der Waals surface area (Å²) < 4.78 is 5.18. The van der Waals surface area contributed by atoms with Crippen LogP contribution in [0.25, 0.3) is 6.08 Å². The second-order valence-corrected chi connectivity index (χ2v) is 5.71. The topological polar surface area (TPSA) is 89.8 Å². The summed E-state index contributed by atoms with van der Waals surface area (Å²) in [5.74, 6) is -0.229. The lowest BCUT2D eigenvalue weighted by Crippen LogP contribution is -2.23. The Kier molecular flexibility index (Phi) is 5.07. The first kappa shape index (κ1) is 17.3. The molecule has 0 bridgehead atoms. The fourth-order valence-electron chi connectivity index (χ4n) is 2.72. The number of para-hydroxylation sites is 1. The monoisotopic (exact) mass is 352 g/mol. The zero-order valence-corrected chi connectivity index (χ0v) is 13.8. The second kappa shape index (κ2) is 7.60. The molecule has 26 heavy (non-hydrogen) atoms. The maximum Gasteiger partial charge on any atom is 0.336 e. The summed E-state index contributed by atoms with van der Waals surface area (Å²) >= 11 is 0. The zero-order chi connectivity index (χ0) is 18.5. The Labute approximate surface area is 149 Å². The molecule has 1 saturated heterocycles. The summed E-state index contributed by atoms with van der Waals surface area (Å²) in [4.78, 5) is 35.8. The number of amides is 1. The molecular weight excluding hydrogens is 336 g/mol. The Hall–Kier alpha value is -3.48. The van der Waals surface area contributed by atoms with Gasteiger partial charge in [0.15, 0.2) is 0 Å². The van der Waals surface area contributed by atoms with Crippen LogP contribution in [0.4, 0.5) is 11.4 Å². The van der Waals surface area contributed by atoms with Gasteiger partial charge in [-0.05, 0) is 42.8 Å². The lowest BCUT2D eigenvalue weighted by Gasteiger charge is -2.15. The number of carbonyl (C=O) groups is 2. The highest BCUT2D eigenvalue weighted by molar-refractivity contribution is 5.95. The lowest BCUT2D eigenvalue weighted by atomic mass is 10.1. The van der Waals surface area contributed by atoms with E-state index in [2.05, 4.69) is 0 Å². The maximum atomic E-state index is 11.9. The largest absolute Gasteiger partial charge is 0.423 e. The van der Waals surface area contributed by atoms with E-state index in [-0.39, 0.29) is 11.6 Å². The summed E-state index contributed by atoms with van der Waals surface area (Å²) in [6.45, 7) is 0.691. The van der Waals surface area contributed by atoms with Gasteiger partial charge in [0.25, 0.3) is 5.69 Å². The number of hydrogen-bond acceptors (Lipinski definition) is 5. The standard InChI is InChI=1S/C19H16N2O5/c22-18-6-3-13-20(18)15-8-10-16(11-9-15)26-19(23)12-7-14-4-1-2-5-17(14)21(24)25/h1-2,4-5,7-12H,3,6,13H2/b12-7+. The van der Waals surface area contributed by atoms with Gasteiger partial charge in [-0.1, -0.05) is 12.1 Å². The van der Waals surface area contributed by atoms with Gasteiger partial charge in [0.05, 0.1) is 10.5 Å². The Morgan fingerprint density at radius 1 is 1.15 bits per heavy atom. The van der Waals surface area contributed by atoms with Crippen molar-refractivity contribution in [2.24, 2.45) is 0 Å². The summed E-state index contributed by atoms with van der Waals surface area (Å²) in [6, 6.07) is 12.8. The molecule has 1 fully saturated rings. The summed E-state index contributed by atoms with van der Waals surface area (Å²) in [5.41, 5.74) is 0.997. The van der Waals surface area contributed by atoms with Crippen molar-refractivity contribution in [1.82, 2.24) is 0 Å². The van der Waals surface area contributed by atoms with Crippen molar-refractivity contribution in [3.05, 3.63) is 70.3 Å². The van der Waals surface area contributed by atoms with Crippen LogP contribution in [0.2, 0.25) is 0 Å². The van der Waals surface area contributed by atoms with E-state index in [0.717, 1.165) is 18.2 Å². The number of nitrogens with zero attached hydrogens (tertiary/aromatic N) is 2. The van der Waals surface area contributed by atoms with Crippen molar-refractivity contribution < 1.29 is 19.2 Å². The van der Waals surface area contributed by atoms with Gasteiger partial charge in [0.1, 0.15) is 5.75 Å². The average Bonchev–Trinajstić information content (AvgIpc) is 3.07. The van der Waals surface area contributed by atoms with Gasteiger partial charge in [-0.3, -0.25) is 14.9 Å². The molecule has 1 aliphatic heterocycles. The van der Waals surface area contributed by atoms with Gasteiger partial charge >= 0.3 is 5.97 Å². The average molecular weight is 352 g/mol. The van der Waals surface area contributed by atoms with Crippen molar-refractivity contribution in [3.63, 3.8) is 0 Å². The number of rotatable bonds is 5. The van der Waals surface area contributed by atoms with Crippen LogP contribution < -0.4 is 9.64 Å². The van der Waals surface area contributed by atoms with Gasteiger partial charge < -0.3 is 9.64 Å². The molecule has 1 amide bonds. The molecular formula is C19H16N2O5. The third-order valence-electron chi connectivity index (χ3n) is 3.97. The van der Waals surface area contributed by atoms with E-state index in [1.54, 1.807) is 47.4 Å². The number of benzene rings is 2. The van der Waals surface area contributed by atoms with Gasteiger partial charge in [0, 0.05) is 30.8 Å². The van der Waals surface area contributed by atoms with Crippen molar-refractivity contribution in [2.75, 3.05) is 11.4 Å². The number of nitro benzene ring substituents is 1. The molecule has 2 aromatic carbocycles. The predicted octanol–water partition coefficient (Wildman–Crippen LogP) is 3.34. The fraction of sp³-hybridized carbons (Fsp3) is 0.158. The van der Waals surface area contributed by atoms with Gasteiger partial charge in [-0.25, -0.2) is 4.79 Å². The van der Waals surface area contributed by atoms with Crippen LogP contribution in [-0.4, -0.2) is 23.3 Å². The number of esters is 1. The van der Waals surface area contributed by atoms with Gasteiger partial charge in [-0.2, -0.15) is 0 Å². The van der Waals surface area contributed by atoms with Crippen LogP contribution in [0.3, 0.4) is 0 Å². The number of hydrogen-bond donors (Lipinski definition) is 0. The summed E-state index contributed by atoms with van der Waals surface area (Å²) in [7, 11) is 0. The summed E-state index contributed by atoms with van der Waals surface area (Å²) in [5, 5.41) is 10.9. The van der Waals surface area contributed by atoms with Crippen LogP contribution >= 0.6 is 0 Å². The maximum absolute atomic E-state index is 11.9. The van der Waals surface area contributed by atoms with E-state index in [1.807, 2.05) is 0 Å². The lowest BCUT2D eigenvalue weighted by molar-refractivity contribution is -0.385. The van der Waals surface area contributed by atoms with E-state index in [0.29, 0.717) is 24.3 Å². The minimum atomic E-state index is -0.645. The molecule has 0 unspecified atom stereocenters. The zero-order valence-electron chi connectivity index (χ0n) is 13.8. The molecule has 2 aromatic rings. The molecule has 0 atom stereocenters. The predicted molar refractivity (Wildman–Crippen MR) is 95.8 cm³/mol. The van der Waals surface area contributed by atoms with Crippen LogP contribution in [0.5, 0.6) is 5.75 Å². The van der Waals surface area contributed by atoms with E-state index in [9.17, 15) is 19.7 Å². The molecule has 132 valence electrons. The van der Waals surface area contributed by atoms with E-state index in [4.69, 9.17) is 4.74 Å².